The highest BCUT2D eigenvalue weighted by molar-refractivity contribution is 6.12. The molecule has 1 aliphatic rings. The fourth-order valence-corrected chi connectivity index (χ4v) is 2.94. The van der Waals surface area contributed by atoms with Crippen molar-refractivity contribution in [3.8, 4) is 17.2 Å². The molecule has 0 aromatic heterocycles. The fraction of sp³-hybridized carbons (Fsp3) is 0.217. The minimum absolute atomic E-state index is 0.207. The van der Waals surface area contributed by atoms with E-state index in [1.165, 1.54) is 0 Å². The molecule has 0 radical (unpaired) electrons. The lowest BCUT2D eigenvalue weighted by Crippen LogP contribution is -2.33. The maximum atomic E-state index is 12.5. The second kappa shape index (κ2) is 9.10. The van der Waals surface area contributed by atoms with Gasteiger partial charge < -0.3 is 19.1 Å². The number of ether oxygens (including phenoxy) is 3. The number of hydrogen-bond acceptors (Lipinski definition) is 5. The van der Waals surface area contributed by atoms with Gasteiger partial charge in [-0.1, -0.05) is 30.4 Å². The number of Topliss-reactive ketones (excluding diaryl/α,β-unsaturated/α-hetero) is 1. The molecule has 0 saturated carbocycles. The molecule has 1 aliphatic heterocycles. The van der Waals surface area contributed by atoms with Crippen molar-refractivity contribution in [3.63, 3.8) is 0 Å². The molecule has 1 heterocycles. The van der Waals surface area contributed by atoms with Crippen LogP contribution in [0.3, 0.4) is 0 Å². The van der Waals surface area contributed by atoms with E-state index in [-0.39, 0.29) is 11.5 Å². The van der Waals surface area contributed by atoms with Crippen molar-refractivity contribution in [2.45, 2.75) is 13.8 Å². The van der Waals surface area contributed by atoms with Crippen LogP contribution in [0, 0.1) is 0 Å². The minimum atomic E-state index is -0.435. The number of methoxy groups -OCH3 is 1. The van der Waals surface area contributed by atoms with Crippen LogP contribution >= 0.6 is 0 Å². The average Bonchev–Trinajstić information content (AvgIpc) is 3.04. The predicted molar refractivity (Wildman–Crippen MR) is 110 cm³/mol. The van der Waals surface area contributed by atoms with Crippen molar-refractivity contribution in [2.75, 3.05) is 20.2 Å². The van der Waals surface area contributed by atoms with Gasteiger partial charge in [-0.25, -0.2) is 4.79 Å². The predicted octanol–water partition coefficient (Wildman–Crippen LogP) is 4.71. The highest BCUT2D eigenvalue weighted by Gasteiger charge is 2.27. The third kappa shape index (κ3) is 4.48. The van der Waals surface area contributed by atoms with E-state index >= 15 is 0 Å². The Kier molecular flexibility index (Phi) is 6.34. The number of para-hydroxylation sites is 1. The molecular formula is C23H23NO5. The van der Waals surface area contributed by atoms with Crippen LogP contribution in [-0.2, 0) is 0 Å². The third-order valence-electron chi connectivity index (χ3n) is 4.53. The summed E-state index contributed by atoms with van der Waals surface area (Å²) in [5, 5.41) is 0. The zero-order chi connectivity index (χ0) is 20.8. The molecule has 150 valence electrons. The molecule has 0 fully saturated rings. The lowest BCUT2D eigenvalue weighted by atomic mass is 10.1. The van der Waals surface area contributed by atoms with Gasteiger partial charge in [-0.15, -0.1) is 0 Å². The highest BCUT2D eigenvalue weighted by Crippen LogP contribution is 2.34. The Hall–Kier alpha value is -3.54. The van der Waals surface area contributed by atoms with Crippen molar-refractivity contribution in [3.05, 3.63) is 71.5 Å². The molecule has 6 nitrogen and oxygen atoms in total. The number of allylic oxidation sites excluding steroid dienone is 3. The maximum absolute atomic E-state index is 12.5. The summed E-state index contributed by atoms with van der Waals surface area (Å²) in [6.07, 6.45) is 4.74. The van der Waals surface area contributed by atoms with Crippen LogP contribution in [0.15, 0.2) is 60.4 Å². The molecule has 0 atom stereocenters. The van der Waals surface area contributed by atoms with Gasteiger partial charge in [0.05, 0.1) is 12.7 Å². The molecule has 1 amide bonds. The molecule has 0 bridgehead atoms. The van der Waals surface area contributed by atoms with E-state index < -0.39 is 6.09 Å². The first kappa shape index (κ1) is 20.2. The van der Waals surface area contributed by atoms with Crippen molar-refractivity contribution < 1.29 is 23.8 Å². The summed E-state index contributed by atoms with van der Waals surface area (Å²) in [5.41, 5.74) is 1.32. The largest absolute Gasteiger partial charge is 0.496 e. The summed E-state index contributed by atoms with van der Waals surface area (Å²) in [7, 11) is 1.61. The smallest absolute Gasteiger partial charge is 0.415 e. The SMILES string of the molecule is CCN(CC)C(=O)Oc1ccc2c(c1)O/C(=C\C=C\c1ccccc1OC)C2=O. The molecule has 0 N–H and O–H groups in total. The standard InChI is InChI=1S/C23H23NO5/c1-4-24(5-2)23(26)28-17-13-14-18-21(15-17)29-20(22(18)25)12-8-10-16-9-6-7-11-19(16)27-3/h6-15H,4-5H2,1-3H3/b10-8+,20-12-. The van der Waals surface area contributed by atoms with E-state index in [2.05, 4.69) is 0 Å². The Morgan fingerprint density at radius 3 is 2.62 bits per heavy atom. The number of nitrogens with zero attached hydrogens (tertiary/aromatic N) is 1. The number of ketones is 1. The number of benzene rings is 2. The van der Waals surface area contributed by atoms with Crippen LogP contribution in [-0.4, -0.2) is 37.0 Å². The second-order valence-electron chi connectivity index (χ2n) is 6.26. The van der Waals surface area contributed by atoms with Gasteiger partial charge in [0, 0.05) is 24.7 Å². The molecule has 0 spiro atoms. The molecule has 3 rings (SSSR count). The van der Waals surface area contributed by atoms with Gasteiger partial charge in [0.25, 0.3) is 0 Å². The van der Waals surface area contributed by atoms with Gasteiger partial charge in [-0.3, -0.25) is 4.79 Å². The Morgan fingerprint density at radius 1 is 1.14 bits per heavy atom. The first-order chi connectivity index (χ1) is 14.1. The maximum Gasteiger partial charge on any atom is 0.415 e. The molecule has 29 heavy (non-hydrogen) atoms. The number of amides is 1. The summed E-state index contributed by atoms with van der Waals surface area (Å²) < 4.78 is 16.3. The summed E-state index contributed by atoms with van der Waals surface area (Å²) in [6.45, 7) is 4.87. The van der Waals surface area contributed by atoms with E-state index in [1.807, 2.05) is 44.2 Å². The van der Waals surface area contributed by atoms with Crippen LogP contribution in [0.2, 0.25) is 0 Å². The van der Waals surface area contributed by atoms with Gasteiger partial charge in [0.15, 0.2) is 5.76 Å². The zero-order valence-corrected chi connectivity index (χ0v) is 16.7. The lowest BCUT2D eigenvalue weighted by Gasteiger charge is -2.17. The van der Waals surface area contributed by atoms with Gasteiger partial charge in [-0.2, -0.15) is 0 Å². The summed E-state index contributed by atoms with van der Waals surface area (Å²) in [5.74, 6) is 1.43. The Bertz CT molecular complexity index is 973. The fourth-order valence-electron chi connectivity index (χ4n) is 2.94. The molecule has 0 saturated heterocycles. The minimum Gasteiger partial charge on any atom is -0.496 e. The molecule has 0 unspecified atom stereocenters. The van der Waals surface area contributed by atoms with Crippen molar-refractivity contribution in [2.24, 2.45) is 0 Å². The van der Waals surface area contributed by atoms with Gasteiger partial charge >= 0.3 is 6.09 Å². The van der Waals surface area contributed by atoms with Crippen LogP contribution < -0.4 is 14.2 Å². The monoisotopic (exact) mass is 393 g/mol. The number of carbonyl (C=O) groups is 2. The average molecular weight is 393 g/mol. The Morgan fingerprint density at radius 2 is 1.90 bits per heavy atom. The highest BCUT2D eigenvalue weighted by atomic mass is 16.6. The number of carbonyl (C=O) groups excluding carboxylic acids is 2. The van der Waals surface area contributed by atoms with Crippen molar-refractivity contribution in [1.29, 1.82) is 0 Å². The van der Waals surface area contributed by atoms with Crippen molar-refractivity contribution >= 4 is 18.0 Å². The van der Waals surface area contributed by atoms with E-state index in [0.717, 1.165) is 11.3 Å². The molecule has 2 aromatic rings. The normalized spacial score (nSPS) is 14.0. The van der Waals surface area contributed by atoms with Crippen LogP contribution in [0.5, 0.6) is 17.2 Å². The first-order valence-corrected chi connectivity index (χ1v) is 9.42. The molecule has 0 aliphatic carbocycles. The second-order valence-corrected chi connectivity index (χ2v) is 6.26. The molecule has 2 aromatic carbocycles. The summed E-state index contributed by atoms with van der Waals surface area (Å²) in [4.78, 5) is 26.2. The van der Waals surface area contributed by atoms with E-state index in [9.17, 15) is 9.59 Å². The summed E-state index contributed by atoms with van der Waals surface area (Å²) in [6, 6.07) is 12.3. The Labute approximate surface area is 170 Å². The van der Waals surface area contributed by atoms with Crippen LogP contribution in [0.25, 0.3) is 6.08 Å². The third-order valence-corrected chi connectivity index (χ3v) is 4.53. The summed E-state index contributed by atoms with van der Waals surface area (Å²) >= 11 is 0. The molecular weight excluding hydrogens is 370 g/mol. The van der Waals surface area contributed by atoms with E-state index in [1.54, 1.807) is 42.4 Å². The quantitative estimate of drug-likeness (QED) is 0.665. The molecule has 6 heteroatoms. The van der Waals surface area contributed by atoms with Gasteiger partial charge in [0.2, 0.25) is 5.78 Å². The van der Waals surface area contributed by atoms with Crippen LogP contribution in [0.4, 0.5) is 4.79 Å². The van der Waals surface area contributed by atoms with E-state index in [0.29, 0.717) is 30.2 Å². The van der Waals surface area contributed by atoms with E-state index in [4.69, 9.17) is 14.2 Å². The topological polar surface area (TPSA) is 65.1 Å². The number of rotatable bonds is 6. The van der Waals surface area contributed by atoms with Gasteiger partial charge in [-0.05, 0) is 38.1 Å². The Balaban J connectivity index is 1.74. The lowest BCUT2D eigenvalue weighted by molar-refractivity contribution is 0.101. The first-order valence-electron chi connectivity index (χ1n) is 9.42. The number of hydrogen-bond donors (Lipinski definition) is 0. The van der Waals surface area contributed by atoms with Crippen molar-refractivity contribution in [1.82, 2.24) is 4.90 Å². The van der Waals surface area contributed by atoms with Crippen LogP contribution in [0.1, 0.15) is 29.8 Å². The number of fused-ring (bicyclic) bond motifs is 1. The zero-order valence-electron chi connectivity index (χ0n) is 16.7. The van der Waals surface area contributed by atoms with Gasteiger partial charge in [0.1, 0.15) is 17.2 Å².